The van der Waals surface area contributed by atoms with Crippen LogP contribution in [0, 0.1) is 6.92 Å². The molecule has 11 nitrogen and oxygen atoms in total. The molecule has 3 heterocycles. The Morgan fingerprint density at radius 1 is 1.27 bits per heavy atom. The third kappa shape index (κ3) is 5.41. The van der Waals surface area contributed by atoms with Gasteiger partial charge in [0, 0.05) is 18.8 Å². The number of carboxylic acid groups (broad SMARTS) is 1. The maximum absolute atomic E-state index is 13.2. The van der Waals surface area contributed by atoms with Crippen molar-refractivity contribution in [2.75, 3.05) is 11.9 Å². The largest absolute Gasteiger partial charge is 0.464 e. The van der Waals surface area contributed by atoms with Crippen LogP contribution in [-0.4, -0.2) is 54.3 Å². The molecular formula is C19H16BrCl2N7O4. The highest BCUT2D eigenvalue weighted by Crippen LogP contribution is 2.26. The predicted molar refractivity (Wildman–Crippen MR) is 124 cm³/mol. The number of halogens is 3. The van der Waals surface area contributed by atoms with Crippen molar-refractivity contribution in [2.24, 2.45) is 0 Å². The van der Waals surface area contributed by atoms with Crippen LogP contribution in [0.2, 0.25) is 10.2 Å². The summed E-state index contributed by atoms with van der Waals surface area (Å²) in [5.74, 6) is -1.23. The van der Waals surface area contributed by atoms with Gasteiger partial charge in [0.05, 0.1) is 10.7 Å². The van der Waals surface area contributed by atoms with E-state index in [2.05, 4.69) is 36.3 Å². The fourth-order valence-electron chi connectivity index (χ4n) is 2.85. The molecule has 33 heavy (non-hydrogen) atoms. The lowest BCUT2D eigenvalue weighted by Crippen LogP contribution is -2.46. The van der Waals surface area contributed by atoms with E-state index in [1.165, 1.54) is 23.0 Å². The fourth-order valence-corrected chi connectivity index (χ4v) is 3.67. The number of amides is 3. The molecule has 3 N–H and O–H groups in total. The van der Waals surface area contributed by atoms with Crippen LogP contribution in [0.4, 0.5) is 10.5 Å². The molecule has 0 bridgehead atoms. The summed E-state index contributed by atoms with van der Waals surface area (Å²) in [7, 11) is 0. The van der Waals surface area contributed by atoms with E-state index in [0.29, 0.717) is 10.2 Å². The number of carbonyl (C=O) groups excluding carboxylic acids is 2. The number of anilines is 1. The minimum absolute atomic E-state index is 0.00362. The summed E-state index contributed by atoms with van der Waals surface area (Å²) in [6.45, 7) is 3.18. The van der Waals surface area contributed by atoms with Crippen LogP contribution in [0.25, 0.3) is 5.82 Å². The minimum atomic E-state index is -1.43. The Hall–Kier alpha value is -3.22. The zero-order valence-corrected chi connectivity index (χ0v) is 20.2. The Balaban J connectivity index is 2.03. The van der Waals surface area contributed by atoms with E-state index in [1.54, 1.807) is 26.0 Å². The summed E-state index contributed by atoms with van der Waals surface area (Å²) in [6, 6.07) is 6.14. The van der Waals surface area contributed by atoms with E-state index in [4.69, 9.17) is 28.3 Å². The third-order valence-corrected chi connectivity index (χ3v) is 5.15. The molecule has 3 aromatic heterocycles. The third-order valence-electron chi connectivity index (χ3n) is 4.27. The summed E-state index contributed by atoms with van der Waals surface area (Å²) in [5, 5.41) is 16.9. The Kier molecular flexibility index (Phi) is 7.51. The zero-order chi connectivity index (χ0) is 24.3. The lowest BCUT2D eigenvalue weighted by Gasteiger charge is -2.21. The summed E-state index contributed by atoms with van der Waals surface area (Å²) in [4.78, 5) is 45.4. The summed E-state index contributed by atoms with van der Waals surface area (Å²) in [5.41, 5.74) is 2.28. The van der Waals surface area contributed by atoms with Crippen molar-refractivity contribution in [3.63, 3.8) is 0 Å². The number of aryl methyl sites for hydroxylation is 1. The van der Waals surface area contributed by atoms with E-state index in [0.717, 1.165) is 5.01 Å². The molecule has 0 unspecified atom stereocenters. The molecule has 0 aliphatic heterocycles. The quantitative estimate of drug-likeness (QED) is 0.319. The maximum Gasteiger partial charge on any atom is 0.423 e. The van der Waals surface area contributed by atoms with Crippen LogP contribution < -0.4 is 10.7 Å². The van der Waals surface area contributed by atoms with Crippen LogP contribution in [0.3, 0.4) is 0 Å². The monoisotopic (exact) mass is 555 g/mol. The van der Waals surface area contributed by atoms with Gasteiger partial charge in [0.2, 0.25) is 0 Å². The van der Waals surface area contributed by atoms with Crippen molar-refractivity contribution in [3.05, 3.63) is 62.2 Å². The van der Waals surface area contributed by atoms with Gasteiger partial charge < -0.3 is 10.4 Å². The van der Waals surface area contributed by atoms with Crippen LogP contribution in [0.1, 0.15) is 33.5 Å². The average Bonchev–Trinajstić information content (AvgIpc) is 3.14. The molecule has 14 heteroatoms. The van der Waals surface area contributed by atoms with Gasteiger partial charge >= 0.3 is 6.09 Å². The Labute approximate surface area is 205 Å². The lowest BCUT2D eigenvalue weighted by molar-refractivity contribution is 0.0656. The second-order valence-corrected chi connectivity index (χ2v) is 8.09. The van der Waals surface area contributed by atoms with E-state index in [-0.39, 0.29) is 39.6 Å². The summed E-state index contributed by atoms with van der Waals surface area (Å²) >= 11 is 15.5. The molecule has 0 saturated heterocycles. The molecule has 0 saturated carbocycles. The smallest absolute Gasteiger partial charge is 0.423 e. The SMILES string of the molecule is CCN(NC(=O)O)C(=O)c1nc(Cl)cc(C)c1NC(=O)c1cc(Br)nn1-c1ncccc1Cl. The number of nitrogens with one attached hydrogen (secondary N) is 2. The number of rotatable bonds is 5. The number of aromatic nitrogens is 4. The summed E-state index contributed by atoms with van der Waals surface area (Å²) in [6.07, 6.45) is 0.0626. The topological polar surface area (TPSA) is 142 Å². The van der Waals surface area contributed by atoms with E-state index in [9.17, 15) is 14.4 Å². The number of pyridine rings is 2. The summed E-state index contributed by atoms with van der Waals surface area (Å²) < 4.78 is 1.59. The van der Waals surface area contributed by atoms with E-state index in [1.807, 2.05) is 5.43 Å². The van der Waals surface area contributed by atoms with Crippen molar-refractivity contribution < 1.29 is 19.5 Å². The second-order valence-electron chi connectivity index (χ2n) is 6.48. The molecule has 3 aromatic rings. The number of nitrogens with zero attached hydrogens (tertiary/aromatic N) is 5. The number of hydrogen-bond acceptors (Lipinski definition) is 6. The highest BCUT2D eigenvalue weighted by atomic mass is 79.9. The van der Waals surface area contributed by atoms with Gasteiger partial charge in [-0.05, 0) is 53.5 Å². The standard InChI is InChI=1S/C19H16BrCl2N7O4/c1-3-28(27-19(32)33)18(31)15-14(9(2)7-13(22)24-15)25-17(30)11-8-12(20)26-29(11)16-10(21)5-4-6-23-16/h4-8,27H,3H2,1-2H3,(H,25,30)(H,32,33). The van der Waals surface area contributed by atoms with Gasteiger partial charge in [-0.2, -0.15) is 5.10 Å². The van der Waals surface area contributed by atoms with Crippen LogP contribution in [0.5, 0.6) is 0 Å². The van der Waals surface area contributed by atoms with Crippen molar-refractivity contribution in [1.29, 1.82) is 0 Å². The first-order valence-corrected chi connectivity index (χ1v) is 10.8. The fraction of sp³-hybridized carbons (Fsp3) is 0.158. The molecule has 0 fully saturated rings. The first kappa shape index (κ1) is 24.4. The molecular weight excluding hydrogens is 541 g/mol. The lowest BCUT2D eigenvalue weighted by atomic mass is 10.1. The zero-order valence-electron chi connectivity index (χ0n) is 17.1. The van der Waals surface area contributed by atoms with Gasteiger partial charge in [0.15, 0.2) is 11.5 Å². The van der Waals surface area contributed by atoms with Gasteiger partial charge in [-0.3, -0.25) is 9.59 Å². The first-order chi connectivity index (χ1) is 15.6. The van der Waals surface area contributed by atoms with Crippen LogP contribution in [0.15, 0.2) is 35.1 Å². The second kappa shape index (κ2) is 10.1. The molecule has 172 valence electrons. The first-order valence-electron chi connectivity index (χ1n) is 9.28. The van der Waals surface area contributed by atoms with Crippen LogP contribution in [-0.2, 0) is 0 Å². The van der Waals surface area contributed by atoms with Crippen molar-refractivity contribution >= 4 is 62.7 Å². The van der Waals surface area contributed by atoms with Crippen LogP contribution >= 0.6 is 39.1 Å². The van der Waals surface area contributed by atoms with Gasteiger partial charge in [-0.25, -0.2) is 29.9 Å². The minimum Gasteiger partial charge on any atom is -0.464 e. The molecule has 3 rings (SSSR count). The number of hydrazine groups is 1. The normalized spacial score (nSPS) is 10.6. The van der Waals surface area contributed by atoms with Gasteiger partial charge in [0.1, 0.15) is 15.5 Å². The highest BCUT2D eigenvalue weighted by Gasteiger charge is 2.26. The highest BCUT2D eigenvalue weighted by molar-refractivity contribution is 9.10. The Morgan fingerprint density at radius 3 is 2.64 bits per heavy atom. The van der Waals surface area contributed by atoms with Crippen molar-refractivity contribution in [3.8, 4) is 5.82 Å². The predicted octanol–water partition coefficient (Wildman–Crippen LogP) is 3.94. The van der Waals surface area contributed by atoms with Gasteiger partial charge in [-0.1, -0.05) is 23.2 Å². The molecule has 0 aromatic carbocycles. The number of carbonyl (C=O) groups is 3. The molecule has 0 aliphatic carbocycles. The number of hydrogen-bond donors (Lipinski definition) is 3. The van der Waals surface area contributed by atoms with E-state index < -0.39 is 17.9 Å². The molecule has 3 amide bonds. The Bertz CT molecular complexity index is 1250. The Morgan fingerprint density at radius 2 is 2.00 bits per heavy atom. The molecule has 0 radical (unpaired) electrons. The van der Waals surface area contributed by atoms with Gasteiger partial charge in [0.25, 0.3) is 11.8 Å². The van der Waals surface area contributed by atoms with Gasteiger partial charge in [-0.15, -0.1) is 0 Å². The molecule has 0 atom stereocenters. The van der Waals surface area contributed by atoms with Crippen molar-refractivity contribution in [2.45, 2.75) is 13.8 Å². The average molecular weight is 557 g/mol. The molecule has 0 aliphatic rings. The molecule has 0 spiro atoms. The van der Waals surface area contributed by atoms with Crippen molar-refractivity contribution in [1.82, 2.24) is 30.2 Å². The maximum atomic E-state index is 13.2. The van der Waals surface area contributed by atoms with E-state index >= 15 is 0 Å².